The summed E-state index contributed by atoms with van der Waals surface area (Å²) in [6.45, 7) is 4.97. The molecular weight excluding hydrogens is 430 g/mol. The van der Waals surface area contributed by atoms with Crippen molar-refractivity contribution in [2.24, 2.45) is 5.92 Å². The topological polar surface area (TPSA) is 81.5 Å². The first-order chi connectivity index (χ1) is 16.5. The Morgan fingerprint density at radius 2 is 1.91 bits per heavy atom. The Bertz CT molecular complexity index is 1070. The van der Waals surface area contributed by atoms with Crippen LogP contribution in [-0.2, 0) is 22.5 Å². The van der Waals surface area contributed by atoms with Crippen molar-refractivity contribution >= 4 is 11.9 Å². The van der Waals surface area contributed by atoms with Crippen molar-refractivity contribution in [3.63, 3.8) is 0 Å². The van der Waals surface area contributed by atoms with E-state index in [1.807, 2.05) is 25.3 Å². The van der Waals surface area contributed by atoms with Gasteiger partial charge in [-0.05, 0) is 57.1 Å². The second-order valence-corrected chi connectivity index (χ2v) is 9.54. The summed E-state index contributed by atoms with van der Waals surface area (Å²) >= 11 is 0. The summed E-state index contributed by atoms with van der Waals surface area (Å²) in [5.74, 6) is -0.263. The average Bonchev–Trinajstić information content (AvgIpc) is 3.35. The zero-order chi connectivity index (χ0) is 24.1. The number of pyridine rings is 2. The second-order valence-electron chi connectivity index (χ2n) is 9.54. The van der Waals surface area contributed by atoms with Crippen molar-refractivity contribution in [2.45, 2.75) is 77.8 Å². The quantitative estimate of drug-likeness (QED) is 0.580. The standard InChI is InChI=1S/C27H35N3O4/c1-3-34-27(33)22-12-6-7-14-29(22)26(32)25-23(16-20-9-4-5-10-20)30(19(2)15-24(25)31)18-21-11-8-13-28-17-21/h8,11,13,15,17,20,22H,3-7,9-10,12,14,16,18H2,1-2H3/t22-/m1/s1. The maximum atomic E-state index is 13.9. The van der Waals surface area contributed by atoms with Gasteiger partial charge in [-0.1, -0.05) is 31.7 Å². The van der Waals surface area contributed by atoms with Crippen molar-refractivity contribution in [3.8, 4) is 0 Å². The van der Waals surface area contributed by atoms with Gasteiger partial charge in [-0.2, -0.15) is 0 Å². The molecule has 1 aliphatic heterocycles. The smallest absolute Gasteiger partial charge is 0.328 e. The second kappa shape index (κ2) is 11.0. The number of rotatable bonds is 7. The van der Waals surface area contributed by atoms with Gasteiger partial charge in [-0.3, -0.25) is 14.6 Å². The van der Waals surface area contributed by atoms with Crippen LogP contribution in [0.4, 0.5) is 0 Å². The zero-order valence-electron chi connectivity index (χ0n) is 20.3. The molecule has 34 heavy (non-hydrogen) atoms. The molecule has 0 bridgehead atoms. The molecule has 4 rings (SSSR count). The van der Waals surface area contributed by atoms with Gasteiger partial charge in [-0.25, -0.2) is 4.79 Å². The first-order valence-corrected chi connectivity index (χ1v) is 12.6. The molecule has 0 unspecified atom stereocenters. The van der Waals surface area contributed by atoms with Crippen LogP contribution in [0.1, 0.15) is 79.2 Å². The molecule has 7 nitrogen and oxygen atoms in total. The molecule has 2 aliphatic rings. The molecule has 1 saturated heterocycles. The SMILES string of the molecule is CCOC(=O)[C@H]1CCCCN1C(=O)c1c(CC2CCCC2)n(Cc2cccnc2)c(C)cc1=O. The molecule has 2 fully saturated rings. The largest absolute Gasteiger partial charge is 0.464 e. The number of aryl methyl sites for hydroxylation is 1. The molecule has 2 aromatic heterocycles. The number of hydrogen-bond donors (Lipinski definition) is 0. The summed E-state index contributed by atoms with van der Waals surface area (Å²) in [5.41, 5.74) is 2.60. The fourth-order valence-electron chi connectivity index (χ4n) is 5.45. The molecule has 3 heterocycles. The Morgan fingerprint density at radius 1 is 1.15 bits per heavy atom. The van der Waals surface area contributed by atoms with Gasteiger partial charge in [0.05, 0.1) is 6.61 Å². The van der Waals surface area contributed by atoms with Crippen LogP contribution in [0.3, 0.4) is 0 Å². The van der Waals surface area contributed by atoms with Gasteiger partial charge in [-0.15, -0.1) is 0 Å². The van der Waals surface area contributed by atoms with Gasteiger partial charge in [0, 0.05) is 42.9 Å². The highest BCUT2D eigenvalue weighted by atomic mass is 16.5. The third kappa shape index (κ3) is 5.24. The minimum atomic E-state index is -0.631. The van der Waals surface area contributed by atoms with E-state index >= 15 is 0 Å². The van der Waals surface area contributed by atoms with E-state index in [1.165, 1.54) is 12.8 Å². The molecule has 1 aliphatic carbocycles. The third-order valence-corrected chi connectivity index (χ3v) is 7.18. The Balaban J connectivity index is 1.78. The van der Waals surface area contributed by atoms with E-state index in [9.17, 15) is 14.4 Å². The number of aromatic nitrogens is 2. The van der Waals surface area contributed by atoms with Gasteiger partial charge in [0.1, 0.15) is 11.6 Å². The fourth-order valence-corrected chi connectivity index (χ4v) is 5.45. The molecule has 7 heteroatoms. The maximum absolute atomic E-state index is 13.9. The number of likely N-dealkylation sites (tertiary alicyclic amines) is 1. The summed E-state index contributed by atoms with van der Waals surface area (Å²) in [5, 5.41) is 0. The van der Waals surface area contributed by atoms with Gasteiger partial charge in [0.15, 0.2) is 5.43 Å². The molecule has 1 amide bonds. The number of amides is 1. The Labute approximate surface area is 201 Å². The summed E-state index contributed by atoms with van der Waals surface area (Å²) in [6.07, 6.45) is 11.1. The lowest BCUT2D eigenvalue weighted by atomic mass is 9.95. The minimum Gasteiger partial charge on any atom is -0.464 e. The maximum Gasteiger partial charge on any atom is 0.328 e. The van der Waals surface area contributed by atoms with Crippen molar-refractivity contribution in [1.82, 2.24) is 14.5 Å². The van der Waals surface area contributed by atoms with Crippen LogP contribution < -0.4 is 5.43 Å². The van der Waals surface area contributed by atoms with Crippen LogP contribution in [-0.4, -0.2) is 45.5 Å². The molecular formula is C27H35N3O4. The molecule has 182 valence electrons. The number of carbonyl (C=O) groups is 2. The van der Waals surface area contributed by atoms with Gasteiger partial charge < -0.3 is 14.2 Å². The average molecular weight is 466 g/mol. The highest BCUT2D eigenvalue weighted by Gasteiger charge is 2.36. The lowest BCUT2D eigenvalue weighted by molar-refractivity contribution is -0.149. The number of nitrogens with zero attached hydrogens (tertiary/aromatic N) is 3. The van der Waals surface area contributed by atoms with Crippen molar-refractivity contribution in [2.75, 3.05) is 13.2 Å². The predicted molar refractivity (Wildman–Crippen MR) is 130 cm³/mol. The number of carbonyl (C=O) groups excluding carboxylic acids is 2. The highest BCUT2D eigenvalue weighted by molar-refractivity contribution is 5.98. The first-order valence-electron chi connectivity index (χ1n) is 12.6. The summed E-state index contributed by atoms with van der Waals surface area (Å²) in [4.78, 5) is 45.7. The summed E-state index contributed by atoms with van der Waals surface area (Å²) in [6, 6.07) is 4.83. The van der Waals surface area contributed by atoms with Crippen LogP contribution in [0, 0.1) is 12.8 Å². The number of hydrogen-bond acceptors (Lipinski definition) is 5. The van der Waals surface area contributed by atoms with Crippen molar-refractivity contribution in [1.29, 1.82) is 0 Å². The van der Waals surface area contributed by atoms with Gasteiger partial charge in [0.25, 0.3) is 5.91 Å². The Kier molecular flexibility index (Phi) is 7.80. The summed E-state index contributed by atoms with van der Waals surface area (Å²) < 4.78 is 7.37. The number of piperidine rings is 1. The molecule has 0 radical (unpaired) electrons. The monoisotopic (exact) mass is 465 g/mol. The molecule has 0 N–H and O–H groups in total. The normalized spacial score (nSPS) is 18.8. The van der Waals surface area contributed by atoms with E-state index in [2.05, 4.69) is 9.55 Å². The third-order valence-electron chi connectivity index (χ3n) is 7.18. The lowest BCUT2D eigenvalue weighted by Gasteiger charge is -2.34. The number of esters is 1. The van der Waals surface area contributed by atoms with E-state index in [0.717, 1.165) is 42.6 Å². The van der Waals surface area contributed by atoms with E-state index in [4.69, 9.17) is 4.74 Å². The molecule has 0 spiro atoms. The predicted octanol–water partition coefficient (Wildman–Crippen LogP) is 3.89. The zero-order valence-corrected chi connectivity index (χ0v) is 20.3. The number of ether oxygens (including phenoxy) is 1. The fraction of sp³-hybridized carbons (Fsp3) is 0.556. The van der Waals surface area contributed by atoms with Gasteiger partial charge >= 0.3 is 5.97 Å². The van der Waals surface area contributed by atoms with Crippen molar-refractivity contribution in [3.05, 3.63) is 63.3 Å². The van der Waals surface area contributed by atoms with Crippen LogP contribution >= 0.6 is 0 Å². The van der Waals surface area contributed by atoms with Crippen LogP contribution in [0.25, 0.3) is 0 Å². The van der Waals surface area contributed by atoms with Crippen LogP contribution in [0.15, 0.2) is 35.4 Å². The van der Waals surface area contributed by atoms with E-state index in [1.54, 1.807) is 24.1 Å². The van der Waals surface area contributed by atoms with E-state index < -0.39 is 6.04 Å². The van der Waals surface area contributed by atoms with E-state index in [0.29, 0.717) is 31.8 Å². The molecule has 1 atom stereocenters. The van der Waals surface area contributed by atoms with Crippen LogP contribution in [0.5, 0.6) is 0 Å². The van der Waals surface area contributed by atoms with Gasteiger partial charge in [0.2, 0.25) is 0 Å². The lowest BCUT2D eigenvalue weighted by Crippen LogP contribution is -2.50. The molecule has 0 aromatic carbocycles. The molecule has 1 saturated carbocycles. The van der Waals surface area contributed by atoms with Crippen LogP contribution in [0.2, 0.25) is 0 Å². The minimum absolute atomic E-state index is 0.220. The van der Waals surface area contributed by atoms with Crippen molar-refractivity contribution < 1.29 is 14.3 Å². The Hall–Kier alpha value is -2.96. The Morgan fingerprint density at radius 3 is 2.62 bits per heavy atom. The van der Waals surface area contributed by atoms with E-state index in [-0.39, 0.29) is 29.5 Å². The summed E-state index contributed by atoms with van der Waals surface area (Å²) in [7, 11) is 0. The molecule has 2 aromatic rings. The first kappa shape index (κ1) is 24.2. The highest BCUT2D eigenvalue weighted by Crippen LogP contribution is 2.30.